The van der Waals surface area contributed by atoms with Crippen molar-refractivity contribution in [2.75, 3.05) is 13.1 Å². The van der Waals surface area contributed by atoms with E-state index in [1.165, 1.54) is 32.4 Å². The third-order valence-corrected chi connectivity index (χ3v) is 4.20. The summed E-state index contributed by atoms with van der Waals surface area (Å²) < 4.78 is 0. The van der Waals surface area contributed by atoms with Gasteiger partial charge in [0.1, 0.15) is 0 Å². The first-order valence-electron chi connectivity index (χ1n) is 7.93. The quantitative estimate of drug-likeness (QED) is 0.780. The average molecular weight is 254 g/mol. The molecule has 108 valence electrons. The van der Waals surface area contributed by atoms with E-state index in [4.69, 9.17) is 0 Å². The van der Waals surface area contributed by atoms with Gasteiger partial charge in [-0.15, -0.1) is 0 Å². The molecule has 0 radical (unpaired) electrons. The van der Waals surface area contributed by atoms with E-state index >= 15 is 0 Å². The maximum atomic E-state index is 3.77. The highest BCUT2D eigenvalue weighted by Crippen LogP contribution is 2.21. The second-order valence-electron chi connectivity index (χ2n) is 6.97. The molecule has 0 aromatic carbocycles. The molecule has 0 spiro atoms. The molecule has 1 rings (SSSR count). The summed E-state index contributed by atoms with van der Waals surface area (Å²) in [6.45, 7) is 16.5. The molecule has 0 aliphatic carbocycles. The van der Waals surface area contributed by atoms with Gasteiger partial charge in [-0.05, 0) is 38.0 Å². The van der Waals surface area contributed by atoms with E-state index in [0.29, 0.717) is 6.04 Å². The second kappa shape index (κ2) is 7.49. The Balaban J connectivity index is 2.60. The minimum Gasteiger partial charge on any atom is -0.311 e. The van der Waals surface area contributed by atoms with Crippen molar-refractivity contribution < 1.29 is 0 Å². The summed E-state index contributed by atoms with van der Waals surface area (Å²) in [7, 11) is 0. The van der Waals surface area contributed by atoms with Crippen LogP contribution in [0.15, 0.2) is 0 Å². The summed E-state index contributed by atoms with van der Waals surface area (Å²) >= 11 is 0. The Morgan fingerprint density at radius 1 is 1.06 bits per heavy atom. The van der Waals surface area contributed by atoms with Gasteiger partial charge in [0.25, 0.3) is 0 Å². The third kappa shape index (κ3) is 4.89. The first-order valence-corrected chi connectivity index (χ1v) is 7.93. The van der Waals surface area contributed by atoms with Crippen LogP contribution in [0, 0.1) is 11.8 Å². The van der Waals surface area contributed by atoms with E-state index in [2.05, 4.69) is 51.8 Å². The molecule has 0 saturated carbocycles. The van der Waals surface area contributed by atoms with Crippen LogP contribution in [0.1, 0.15) is 60.8 Å². The van der Waals surface area contributed by atoms with Gasteiger partial charge in [0, 0.05) is 31.2 Å². The summed E-state index contributed by atoms with van der Waals surface area (Å²) in [5, 5.41) is 3.77. The first-order chi connectivity index (χ1) is 8.43. The average Bonchev–Trinajstić information content (AvgIpc) is 2.28. The van der Waals surface area contributed by atoms with Gasteiger partial charge >= 0.3 is 0 Å². The van der Waals surface area contributed by atoms with Crippen molar-refractivity contribution >= 4 is 0 Å². The SMILES string of the molecule is CCC(C)N1CC(CC(C)C)NCC1CC(C)C. The summed E-state index contributed by atoms with van der Waals surface area (Å²) in [6, 6.07) is 2.16. The number of rotatable bonds is 6. The Hall–Kier alpha value is -0.0800. The van der Waals surface area contributed by atoms with E-state index in [9.17, 15) is 0 Å². The van der Waals surface area contributed by atoms with Gasteiger partial charge in [0.15, 0.2) is 0 Å². The molecule has 2 heteroatoms. The molecule has 3 unspecified atom stereocenters. The van der Waals surface area contributed by atoms with Gasteiger partial charge < -0.3 is 5.32 Å². The van der Waals surface area contributed by atoms with Crippen LogP contribution in [-0.4, -0.2) is 36.1 Å². The largest absolute Gasteiger partial charge is 0.311 e. The zero-order chi connectivity index (χ0) is 13.7. The van der Waals surface area contributed by atoms with Crippen molar-refractivity contribution in [3.63, 3.8) is 0 Å². The van der Waals surface area contributed by atoms with Crippen molar-refractivity contribution in [2.45, 2.75) is 78.9 Å². The number of hydrogen-bond donors (Lipinski definition) is 1. The van der Waals surface area contributed by atoms with E-state index in [1.807, 2.05) is 0 Å². The Labute approximate surface area is 115 Å². The van der Waals surface area contributed by atoms with Crippen molar-refractivity contribution in [1.82, 2.24) is 10.2 Å². The van der Waals surface area contributed by atoms with Crippen LogP contribution in [0.3, 0.4) is 0 Å². The Bertz CT molecular complexity index is 225. The van der Waals surface area contributed by atoms with Crippen LogP contribution in [0.25, 0.3) is 0 Å². The smallest absolute Gasteiger partial charge is 0.0226 e. The molecular formula is C16H34N2. The summed E-state index contributed by atoms with van der Waals surface area (Å²) in [4.78, 5) is 2.77. The van der Waals surface area contributed by atoms with Gasteiger partial charge in [0.05, 0.1) is 0 Å². The maximum absolute atomic E-state index is 3.77. The molecule has 0 aromatic heterocycles. The first kappa shape index (κ1) is 16.0. The molecule has 1 fully saturated rings. The molecular weight excluding hydrogens is 220 g/mol. The van der Waals surface area contributed by atoms with Crippen molar-refractivity contribution in [2.24, 2.45) is 11.8 Å². The lowest BCUT2D eigenvalue weighted by Gasteiger charge is -2.44. The zero-order valence-electron chi connectivity index (χ0n) is 13.4. The maximum Gasteiger partial charge on any atom is 0.0226 e. The van der Waals surface area contributed by atoms with Crippen LogP contribution in [0.2, 0.25) is 0 Å². The minimum absolute atomic E-state index is 0.697. The van der Waals surface area contributed by atoms with Gasteiger partial charge in [0.2, 0.25) is 0 Å². The topological polar surface area (TPSA) is 15.3 Å². The molecule has 1 heterocycles. The molecule has 2 nitrogen and oxygen atoms in total. The van der Waals surface area contributed by atoms with E-state index in [0.717, 1.165) is 23.9 Å². The van der Waals surface area contributed by atoms with E-state index in [-0.39, 0.29) is 0 Å². The highest BCUT2D eigenvalue weighted by Gasteiger charge is 2.30. The Morgan fingerprint density at radius 2 is 1.67 bits per heavy atom. The third-order valence-electron chi connectivity index (χ3n) is 4.20. The fourth-order valence-corrected chi connectivity index (χ4v) is 3.15. The summed E-state index contributed by atoms with van der Waals surface area (Å²) in [5.41, 5.74) is 0. The number of nitrogens with zero attached hydrogens (tertiary/aromatic N) is 1. The predicted octanol–water partition coefficient (Wildman–Crippen LogP) is 3.52. The fourth-order valence-electron chi connectivity index (χ4n) is 3.15. The molecule has 1 N–H and O–H groups in total. The fraction of sp³-hybridized carbons (Fsp3) is 1.00. The van der Waals surface area contributed by atoms with Gasteiger partial charge in [-0.2, -0.15) is 0 Å². The van der Waals surface area contributed by atoms with Gasteiger partial charge in [-0.3, -0.25) is 4.90 Å². The molecule has 1 aliphatic rings. The molecule has 3 atom stereocenters. The van der Waals surface area contributed by atoms with Crippen LogP contribution in [-0.2, 0) is 0 Å². The lowest BCUT2D eigenvalue weighted by molar-refractivity contribution is 0.0692. The van der Waals surface area contributed by atoms with Gasteiger partial charge in [-0.1, -0.05) is 34.6 Å². The Morgan fingerprint density at radius 3 is 2.17 bits per heavy atom. The normalized spacial score (nSPS) is 28.0. The van der Waals surface area contributed by atoms with Crippen LogP contribution in [0.4, 0.5) is 0 Å². The highest BCUT2D eigenvalue weighted by molar-refractivity contribution is 4.89. The second-order valence-corrected chi connectivity index (χ2v) is 6.97. The number of hydrogen-bond acceptors (Lipinski definition) is 2. The predicted molar refractivity (Wildman–Crippen MR) is 80.9 cm³/mol. The van der Waals surface area contributed by atoms with Crippen LogP contribution in [0.5, 0.6) is 0 Å². The summed E-state index contributed by atoms with van der Waals surface area (Å²) in [6.07, 6.45) is 3.90. The zero-order valence-corrected chi connectivity index (χ0v) is 13.4. The van der Waals surface area contributed by atoms with Crippen molar-refractivity contribution in [1.29, 1.82) is 0 Å². The summed E-state index contributed by atoms with van der Waals surface area (Å²) in [5.74, 6) is 1.59. The van der Waals surface area contributed by atoms with E-state index in [1.54, 1.807) is 0 Å². The molecule has 0 aromatic rings. The van der Waals surface area contributed by atoms with E-state index < -0.39 is 0 Å². The minimum atomic E-state index is 0.697. The van der Waals surface area contributed by atoms with Crippen molar-refractivity contribution in [3.05, 3.63) is 0 Å². The van der Waals surface area contributed by atoms with Gasteiger partial charge in [-0.25, -0.2) is 0 Å². The molecule has 18 heavy (non-hydrogen) atoms. The molecule has 1 saturated heterocycles. The Kier molecular flexibility index (Phi) is 6.65. The standard InChI is InChI=1S/C16H34N2/c1-7-14(6)18-11-15(8-12(2)3)17-10-16(18)9-13(4)5/h12-17H,7-11H2,1-6H3. The van der Waals surface area contributed by atoms with Crippen LogP contribution >= 0.6 is 0 Å². The lowest BCUT2D eigenvalue weighted by atomic mass is 9.94. The number of piperazine rings is 1. The number of nitrogens with one attached hydrogen (secondary N) is 1. The van der Waals surface area contributed by atoms with Crippen molar-refractivity contribution in [3.8, 4) is 0 Å². The highest BCUT2D eigenvalue weighted by atomic mass is 15.2. The molecule has 1 aliphatic heterocycles. The monoisotopic (exact) mass is 254 g/mol. The lowest BCUT2D eigenvalue weighted by Crippen LogP contribution is -2.59. The molecule has 0 bridgehead atoms. The molecule has 0 amide bonds. The van der Waals surface area contributed by atoms with Crippen LogP contribution < -0.4 is 5.32 Å².